The zero-order valence-electron chi connectivity index (χ0n) is 12.0. The topological polar surface area (TPSA) is 27.7 Å². The van der Waals surface area contributed by atoms with Crippen molar-refractivity contribution in [1.82, 2.24) is 0 Å². The zero-order valence-corrected chi connectivity index (χ0v) is 15.3. The second-order valence-corrected chi connectivity index (χ2v) is 14.0. The number of rotatable bonds is 6. The van der Waals surface area contributed by atoms with Crippen molar-refractivity contribution in [3.63, 3.8) is 0 Å². The maximum atomic E-state index is 6.31. The predicted molar refractivity (Wildman–Crippen MR) is 79.5 cm³/mol. The molecule has 1 fully saturated rings. The highest BCUT2D eigenvalue weighted by atomic mass is 28.5. The lowest BCUT2D eigenvalue weighted by Crippen LogP contribution is -2.54. The van der Waals surface area contributed by atoms with Crippen LogP contribution < -0.4 is 0 Å². The molecular weight excluding hydrogens is 264 g/mol. The van der Waals surface area contributed by atoms with E-state index in [-0.39, 0.29) is 0 Å². The summed E-state index contributed by atoms with van der Waals surface area (Å²) >= 11 is 0. The van der Waals surface area contributed by atoms with Crippen LogP contribution in [0.1, 0.15) is 32.1 Å². The Hall–Kier alpha value is 0.531. The van der Waals surface area contributed by atoms with E-state index in [1.807, 2.05) is 0 Å². The first kappa shape index (κ1) is 15.6. The van der Waals surface area contributed by atoms with Gasteiger partial charge in [-0.25, -0.2) is 0 Å². The molecule has 0 unspecified atom stereocenters. The first-order chi connectivity index (χ1) is 8.00. The van der Waals surface area contributed by atoms with Gasteiger partial charge in [0.2, 0.25) is 0 Å². The van der Waals surface area contributed by atoms with Crippen LogP contribution in [-0.4, -0.2) is 34.0 Å². The Morgan fingerprint density at radius 1 is 0.882 bits per heavy atom. The van der Waals surface area contributed by atoms with E-state index in [2.05, 4.69) is 26.2 Å². The molecule has 0 spiro atoms. The Morgan fingerprint density at radius 2 is 1.35 bits per heavy atom. The van der Waals surface area contributed by atoms with Gasteiger partial charge in [-0.3, -0.25) is 0 Å². The smallest absolute Gasteiger partial charge is 0.419 e. The predicted octanol–water partition coefficient (Wildman–Crippen LogP) is 2.91. The van der Waals surface area contributed by atoms with Crippen LogP contribution in [0.25, 0.3) is 0 Å². The summed E-state index contributed by atoms with van der Waals surface area (Å²) in [5, 5.41) is 0. The van der Waals surface area contributed by atoms with E-state index < -0.39 is 26.9 Å². The van der Waals surface area contributed by atoms with Crippen molar-refractivity contribution < 1.29 is 12.7 Å². The van der Waals surface area contributed by atoms with Gasteiger partial charge < -0.3 is 12.7 Å². The molecule has 1 aliphatic rings. The molecule has 17 heavy (non-hydrogen) atoms. The van der Waals surface area contributed by atoms with Gasteiger partial charge in [-0.2, -0.15) is 0 Å². The monoisotopic (exact) mass is 292 g/mol. The molecule has 0 saturated heterocycles. The van der Waals surface area contributed by atoms with Gasteiger partial charge in [0.15, 0.2) is 18.1 Å². The van der Waals surface area contributed by atoms with Crippen LogP contribution in [0.3, 0.4) is 0 Å². The minimum Gasteiger partial charge on any atom is -0.419 e. The molecule has 0 radical (unpaired) electrons. The molecule has 0 aromatic carbocycles. The fourth-order valence-electron chi connectivity index (χ4n) is 2.60. The highest BCUT2D eigenvalue weighted by molar-refractivity contribution is 6.76. The van der Waals surface area contributed by atoms with Gasteiger partial charge in [0.05, 0.1) is 0 Å². The van der Waals surface area contributed by atoms with Crippen molar-refractivity contribution in [2.45, 2.75) is 63.8 Å². The number of hydrogen-bond acceptors (Lipinski definition) is 3. The third kappa shape index (κ3) is 4.60. The van der Waals surface area contributed by atoms with Crippen molar-refractivity contribution in [3.8, 4) is 0 Å². The van der Waals surface area contributed by atoms with Crippen LogP contribution in [0, 0.1) is 0 Å². The molecule has 102 valence electrons. The van der Waals surface area contributed by atoms with Gasteiger partial charge in [0, 0.05) is 12.7 Å². The Balaban J connectivity index is 2.79. The summed E-state index contributed by atoms with van der Waals surface area (Å²) in [7, 11) is -2.79. The molecule has 1 saturated carbocycles. The molecule has 1 aliphatic carbocycles. The van der Waals surface area contributed by atoms with Crippen LogP contribution >= 0.6 is 0 Å². The summed E-state index contributed by atoms with van der Waals surface area (Å²) in [6.45, 7) is 8.87. The Kier molecular flexibility index (Phi) is 6.60. The molecule has 0 aliphatic heterocycles. The lowest BCUT2D eigenvalue weighted by Gasteiger charge is -2.39. The van der Waals surface area contributed by atoms with Gasteiger partial charge in [0.1, 0.15) is 0 Å². The van der Waals surface area contributed by atoms with Crippen LogP contribution in [0.2, 0.25) is 31.7 Å². The molecule has 3 nitrogen and oxygen atoms in total. The molecule has 0 amide bonds. The zero-order chi connectivity index (χ0) is 12.9. The first-order valence-electron chi connectivity index (χ1n) is 6.91. The van der Waals surface area contributed by atoms with E-state index in [9.17, 15) is 0 Å². The standard InChI is InChI=1S/C11H28O3Si3/c1-12-17(13-15(2)3,14-16(4)5)11-9-7-6-8-10-11/h11,15-16H,6-10H2,1-5H3. The summed E-state index contributed by atoms with van der Waals surface area (Å²) in [6.07, 6.45) is 6.47. The molecule has 0 N–H and O–H groups in total. The molecule has 1 rings (SSSR count). The summed E-state index contributed by atoms with van der Waals surface area (Å²) in [4.78, 5) is 0. The fraction of sp³-hybridized carbons (Fsp3) is 1.00. The minimum atomic E-state index is -2.37. The molecule has 0 heterocycles. The molecule has 6 heteroatoms. The Morgan fingerprint density at radius 3 is 1.71 bits per heavy atom. The van der Waals surface area contributed by atoms with E-state index in [0.717, 1.165) is 0 Å². The van der Waals surface area contributed by atoms with Gasteiger partial charge >= 0.3 is 8.80 Å². The van der Waals surface area contributed by atoms with Crippen molar-refractivity contribution in [1.29, 1.82) is 0 Å². The molecule has 0 atom stereocenters. The summed E-state index contributed by atoms with van der Waals surface area (Å²) in [5.74, 6) is 0. The van der Waals surface area contributed by atoms with Crippen molar-refractivity contribution in [2.75, 3.05) is 7.11 Å². The SMILES string of the molecule is CO[Si](O[SiH](C)C)(O[SiH](C)C)C1CCCCC1. The van der Waals surface area contributed by atoms with Crippen LogP contribution in [-0.2, 0) is 12.7 Å². The van der Waals surface area contributed by atoms with E-state index in [4.69, 9.17) is 12.7 Å². The lowest BCUT2D eigenvalue weighted by molar-refractivity contribution is 0.181. The van der Waals surface area contributed by atoms with E-state index in [1.54, 1.807) is 7.11 Å². The number of hydrogen-bond donors (Lipinski definition) is 0. The van der Waals surface area contributed by atoms with E-state index in [0.29, 0.717) is 5.54 Å². The van der Waals surface area contributed by atoms with Gasteiger partial charge in [-0.15, -0.1) is 0 Å². The average Bonchev–Trinajstić information content (AvgIpc) is 2.28. The first-order valence-corrected chi connectivity index (χ1v) is 14.3. The van der Waals surface area contributed by atoms with Crippen molar-refractivity contribution in [3.05, 3.63) is 0 Å². The third-order valence-corrected chi connectivity index (χ3v) is 11.7. The van der Waals surface area contributed by atoms with Crippen molar-refractivity contribution >= 4 is 26.9 Å². The van der Waals surface area contributed by atoms with Crippen LogP contribution in [0.4, 0.5) is 0 Å². The second-order valence-electron chi connectivity index (χ2n) is 5.48. The van der Waals surface area contributed by atoms with E-state index in [1.165, 1.54) is 32.1 Å². The normalized spacial score (nSPS) is 19.2. The lowest BCUT2D eigenvalue weighted by atomic mass is 10.0. The average molecular weight is 293 g/mol. The van der Waals surface area contributed by atoms with Gasteiger partial charge in [0.25, 0.3) is 0 Å². The maximum absolute atomic E-state index is 6.31. The molecular formula is C11H28O3Si3. The molecule has 0 aromatic rings. The van der Waals surface area contributed by atoms with Crippen LogP contribution in [0.15, 0.2) is 0 Å². The highest BCUT2D eigenvalue weighted by Gasteiger charge is 2.49. The maximum Gasteiger partial charge on any atom is 0.482 e. The third-order valence-electron chi connectivity index (χ3n) is 3.19. The fourth-order valence-corrected chi connectivity index (χ4v) is 12.3. The quantitative estimate of drug-likeness (QED) is 0.705. The van der Waals surface area contributed by atoms with Gasteiger partial charge in [-0.05, 0) is 39.0 Å². The van der Waals surface area contributed by atoms with Gasteiger partial charge in [-0.1, -0.05) is 19.3 Å². The largest absolute Gasteiger partial charge is 0.482 e. The minimum absolute atomic E-state index is 0.561. The molecule has 0 aromatic heterocycles. The Labute approximate surface area is 111 Å². The summed E-state index contributed by atoms with van der Waals surface area (Å²) in [6, 6.07) is 0. The summed E-state index contributed by atoms with van der Waals surface area (Å²) < 4.78 is 18.5. The summed E-state index contributed by atoms with van der Waals surface area (Å²) in [5.41, 5.74) is 0.561. The second kappa shape index (κ2) is 7.20. The van der Waals surface area contributed by atoms with Crippen LogP contribution in [0.5, 0.6) is 0 Å². The van der Waals surface area contributed by atoms with E-state index >= 15 is 0 Å². The highest BCUT2D eigenvalue weighted by Crippen LogP contribution is 2.39. The Bertz CT molecular complexity index is 208. The van der Waals surface area contributed by atoms with Crippen molar-refractivity contribution in [2.24, 2.45) is 0 Å². The molecule has 0 bridgehead atoms.